The molecular weight excluding hydrogens is 517 g/mol. The van der Waals surface area contributed by atoms with Crippen LogP contribution >= 0.6 is 35.6 Å². The zero-order valence-corrected chi connectivity index (χ0v) is 21.2. The lowest BCUT2D eigenvalue weighted by Gasteiger charge is -2.20. The van der Waals surface area contributed by atoms with Crippen LogP contribution in [-0.4, -0.2) is 54.9 Å². The van der Waals surface area contributed by atoms with Crippen molar-refractivity contribution in [3.8, 4) is 0 Å². The molecule has 1 heterocycles. The quantitative estimate of drug-likeness (QED) is 0.276. The molecule has 1 saturated heterocycles. The summed E-state index contributed by atoms with van der Waals surface area (Å²) < 4.78 is 0. The number of nitrogens with one attached hydrogen (secondary N) is 3. The number of benzene rings is 1. The maximum Gasteiger partial charge on any atom is 0.226 e. The minimum Gasteiger partial charge on any atom is -0.357 e. The third-order valence-corrected chi connectivity index (χ3v) is 5.24. The SMILES string of the molecule is CCNC(=NCCC(=O)Nc1cccc(Cl)c1C)NC1CCN(C(=O)C(C)C)C1.I. The van der Waals surface area contributed by atoms with Gasteiger partial charge in [0.25, 0.3) is 0 Å². The fourth-order valence-electron chi connectivity index (χ4n) is 3.18. The minimum atomic E-state index is -0.107. The molecule has 168 valence electrons. The van der Waals surface area contributed by atoms with Crippen molar-refractivity contribution in [2.45, 2.75) is 46.6 Å². The third kappa shape index (κ3) is 7.94. The summed E-state index contributed by atoms with van der Waals surface area (Å²) in [6, 6.07) is 5.60. The summed E-state index contributed by atoms with van der Waals surface area (Å²) in [5.74, 6) is 0.758. The predicted octanol–water partition coefficient (Wildman–Crippen LogP) is 3.41. The average molecular weight is 550 g/mol. The van der Waals surface area contributed by atoms with Crippen LogP contribution in [0.3, 0.4) is 0 Å². The van der Waals surface area contributed by atoms with E-state index in [1.54, 1.807) is 6.07 Å². The van der Waals surface area contributed by atoms with E-state index in [1.165, 1.54) is 0 Å². The number of anilines is 1. The highest BCUT2D eigenvalue weighted by atomic mass is 127. The first-order valence-electron chi connectivity index (χ1n) is 10.2. The van der Waals surface area contributed by atoms with Gasteiger partial charge in [0.1, 0.15) is 0 Å². The van der Waals surface area contributed by atoms with Gasteiger partial charge in [0.2, 0.25) is 11.8 Å². The van der Waals surface area contributed by atoms with Crippen LogP contribution in [0.2, 0.25) is 5.02 Å². The van der Waals surface area contributed by atoms with Crippen LogP contribution in [0.5, 0.6) is 0 Å². The summed E-state index contributed by atoms with van der Waals surface area (Å²) in [4.78, 5) is 30.8. The van der Waals surface area contributed by atoms with Gasteiger partial charge >= 0.3 is 0 Å². The van der Waals surface area contributed by atoms with Gasteiger partial charge in [-0.15, -0.1) is 24.0 Å². The van der Waals surface area contributed by atoms with Gasteiger partial charge in [-0.1, -0.05) is 31.5 Å². The topological polar surface area (TPSA) is 85.8 Å². The van der Waals surface area contributed by atoms with E-state index in [9.17, 15) is 9.59 Å². The van der Waals surface area contributed by atoms with E-state index in [4.69, 9.17) is 11.6 Å². The van der Waals surface area contributed by atoms with Crippen LogP contribution in [0.4, 0.5) is 5.69 Å². The van der Waals surface area contributed by atoms with Gasteiger partial charge in [-0.25, -0.2) is 0 Å². The number of aliphatic imine (C=N–C) groups is 1. The highest BCUT2D eigenvalue weighted by Crippen LogP contribution is 2.22. The molecular formula is C21H33ClIN5O2. The Balaban J connectivity index is 0.00000450. The molecule has 1 aromatic carbocycles. The van der Waals surface area contributed by atoms with Gasteiger partial charge in [-0.05, 0) is 38.0 Å². The van der Waals surface area contributed by atoms with Crippen molar-refractivity contribution in [2.75, 3.05) is 31.5 Å². The molecule has 0 bridgehead atoms. The van der Waals surface area contributed by atoms with E-state index in [0.29, 0.717) is 24.1 Å². The van der Waals surface area contributed by atoms with Gasteiger partial charge < -0.3 is 20.9 Å². The summed E-state index contributed by atoms with van der Waals surface area (Å²) in [7, 11) is 0. The molecule has 9 heteroatoms. The standard InChI is InChI=1S/C21H32ClN5O2.HI/c1-5-23-21(25-16-10-12-27(13-16)20(29)14(2)3)24-11-9-19(28)26-18-8-6-7-17(22)15(18)4;/h6-8,14,16H,5,9-13H2,1-4H3,(H,26,28)(H2,23,24,25);1H. The van der Waals surface area contributed by atoms with Crippen molar-refractivity contribution in [1.29, 1.82) is 0 Å². The van der Waals surface area contributed by atoms with Crippen molar-refractivity contribution in [2.24, 2.45) is 10.9 Å². The van der Waals surface area contributed by atoms with E-state index in [0.717, 1.165) is 30.8 Å². The normalized spacial score (nSPS) is 16.3. The first kappa shape index (κ1) is 26.5. The first-order valence-corrected chi connectivity index (χ1v) is 10.6. The van der Waals surface area contributed by atoms with Crippen LogP contribution in [-0.2, 0) is 9.59 Å². The molecule has 1 aliphatic heterocycles. The van der Waals surface area contributed by atoms with Gasteiger partial charge in [-0.2, -0.15) is 0 Å². The number of hydrogen-bond acceptors (Lipinski definition) is 3. The summed E-state index contributed by atoms with van der Waals surface area (Å²) in [5.41, 5.74) is 1.57. The Labute approximate surface area is 201 Å². The fourth-order valence-corrected chi connectivity index (χ4v) is 3.36. The lowest BCUT2D eigenvalue weighted by atomic mass is 10.2. The second-order valence-corrected chi connectivity index (χ2v) is 7.95. The Morgan fingerprint density at radius 2 is 2.07 bits per heavy atom. The molecule has 3 N–H and O–H groups in total. The van der Waals surface area contributed by atoms with E-state index in [-0.39, 0.29) is 54.2 Å². The van der Waals surface area contributed by atoms with Crippen LogP contribution in [0.25, 0.3) is 0 Å². The number of hydrogen-bond donors (Lipinski definition) is 3. The number of nitrogens with zero attached hydrogens (tertiary/aromatic N) is 2. The van der Waals surface area contributed by atoms with Crippen molar-refractivity contribution in [3.63, 3.8) is 0 Å². The molecule has 1 aromatic rings. The summed E-state index contributed by atoms with van der Waals surface area (Å²) in [5, 5.41) is 10.1. The Hall–Kier alpha value is -1.55. The van der Waals surface area contributed by atoms with Crippen LogP contribution < -0.4 is 16.0 Å². The average Bonchev–Trinajstić information content (AvgIpc) is 3.13. The fraction of sp³-hybridized carbons (Fsp3) is 0.571. The second-order valence-electron chi connectivity index (χ2n) is 7.54. The van der Waals surface area contributed by atoms with E-state index in [2.05, 4.69) is 20.9 Å². The number of carbonyl (C=O) groups excluding carboxylic acids is 2. The number of carbonyl (C=O) groups is 2. The molecule has 30 heavy (non-hydrogen) atoms. The van der Waals surface area contributed by atoms with E-state index >= 15 is 0 Å². The zero-order valence-electron chi connectivity index (χ0n) is 18.1. The van der Waals surface area contributed by atoms with Crippen LogP contribution in [0.15, 0.2) is 23.2 Å². The van der Waals surface area contributed by atoms with Crippen molar-refractivity contribution >= 4 is 59.0 Å². The molecule has 0 aromatic heterocycles. The number of guanidine groups is 1. The van der Waals surface area contributed by atoms with Gasteiger partial charge in [0.05, 0.1) is 6.54 Å². The molecule has 0 spiro atoms. The highest BCUT2D eigenvalue weighted by molar-refractivity contribution is 14.0. The number of halogens is 2. The molecule has 2 amide bonds. The Morgan fingerprint density at radius 1 is 1.33 bits per heavy atom. The molecule has 0 aliphatic carbocycles. The monoisotopic (exact) mass is 549 g/mol. The largest absolute Gasteiger partial charge is 0.357 e. The van der Waals surface area contributed by atoms with Crippen LogP contribution in [0.1, 0.15) is 39.2 Å². The lowest BCUT2D eigenvalue weighted by molar-refractivity contribution is -0.133. The first-order chi connectivity index (χ1) is 13.8. The maximum atomic E-state index is 12.2. The van der Waals surface area contributed by atoms with Crippen LogP contribution in [0, 0.1) is 12.8 Å². The molecule has 1 fully saturated rings. The Morgan fingerprint density at radius 3 is 2.73 bits per heavy atom. The smallest absolute Gasteiger partial charge is 0.226 e. The second kappa shape index (κ2) is 13.0. The molecule has 1 aliphatic rings. The summed E-state index contributed by atoms with van der Waals surface area (Å²) in [6.07, 6.45) is 1.16. The number of amides is 2. The molecule has 0 saturated carbocycles. The van der Waals surface area contributed by atoms with E-state index < -0.39 is 0 Å². The van der Waals surface area contributed by atoms with Gasteiger partial charge in [0, 0.05) is 48.7 Å². The molecule has 7 nitrogen and oxygen atoms in total. The molecule has 1 unspecified atom stereocenters. The summed E-state index contributed by atoms with van der Waals surface area (Å²) >= 11 is 6.09. The zero-order chi connectivity index (χ0) is 21.4. The van der Waals surface area contributed by atoms with Crippen molar-refractivity contribution < 1.29 is 9.59 Å². The molecule has 1 atom stereocenters. The number of rotatable bonds is 7. The Bertz CT molecular complexity index is 757. The summed E-state index contributed by atoms with van der Waals surface area (Å²) in [6.45, 7) is 10.2. The lowest BCUT2D eigenvalue weighted by Crippen LogP contribution is -2.45. The van der Waals surface area contributed by atoms with E-state index in [1.807, 2.05) is 44.7 Å². The minimum absolute atomic E-state index is 0. The predicted molar refractivity (Wildman–Crippen MR) is 134 cm³/mol. The van der Waals surface area contributed by atoms with Crippen molar-refractivity contribution in [3.05, 3.63) is 28.8 Å². The number of likely N-dealkylation sites (tertiary alicyclic amines) is 1. The Kier molecular flexibility index (Phi) is 11.5. The highest BCUT2D eigenvalue weighted by Gasteiger charge is 2.27. The maximum absolute atomic E-state index is 12.2. The third-order valence-electron chi connectivity index (χ3n) is 4.83. The molecule has 0 radical (unpaired) electrons. The van der Waals surface area contributed by atoms with Gasteiger partial charge in [-0.3, -0.25) is 14.6 Å². The van der Waals surface area contributed by atoms with Crippen molar-refractivity contribution in [1.82, 2.24) is 15.5 Å². The van der Waals surface area contributed by atoms with Gasteiger partial charge in [0.15, 0.2) is 5.96 Å². The molecule has 2 rings (SSSR count).